The minimum atomic E-state index is -1.65. The van der Waals surface area contributed by atoms with E-state index >= 15 is 0 Å². The molecule has 1 saturated carbocycles. The van der Waals surface area contributed by atoms with E-state index in [0.717, 1.165) is 0 Å². The highest BCUT2D eigenvalue weighted by Crippen LogP contribution is 2.82. The number of hydrogen-bond donors (Lipinski definition) is 1. The maximum atomic E-state index is 10.2. The minimum absolute atomic E-state index is 0.0276. The van der Waals surface area contributed by atoms with E-state index < -0.39 is 22.7 Å². The van der Waals surface area contributed by atoms with Crippen molar-refractivity contribution in [2.45, 2.75) is 38.5 Å². The van der Waals surface area contributed by atoms with Gasteiger partial charge in [0, 0.05) is 5.92 Å². The number of benzene rings is 1. The highest BCUT2D eigenvalue weighted by molar-refractivity contribution is 6.42. The number of halogens is 2. The van der Waals surface area contributed by atoms with Gasteiger partial charge < -0.3 is 15.2 Å². The molecule has 2 aliphatic rings. The summed E-state index contributed by atoms with van der Waals surface area (Å²) in [6, 6.07) is 9.61. The van der Waals surface area contributed by atoms with Crippen molar-refractivity contribution in [1.82, 2.24) is 0 Å². The van der Waals surface area contributed by atoms with Gasteiger partial charge in [-0.1, -0.05) is 49.2 Å². The quantitative estimate of drug-likeness (QED) is 0.689. The summed E-state index contributed by atoms with van der Waals surface area (Å²) in [5, 5.41) is 20.9. The van der Waals surface area contributed by atoms with Gasteiger partial charge >= 0.3 is 0 Å². The van der Waals surface area contributed by atoms with Crippen LogP contribution in [0.15, 0.2) is 23.2 Å². The van der Waals surface area contributed by atoms with E-state index in [2.05, 4.69) is 17.1 Å². The number of amidine groups is 1. The molecular formula is C19H20Cl2N4O2. The molecule has 142 valence electrons. The number of hydrogen-bond acceptors (Lipinski definition) is 6. The Balaban J connectivity index is 2.22. The van der Waals surface area contributed by atoms with Crippen LogP contribution >= 0.6 is 23.2 Å². The van der Waals surface area contributed by atoms with Crippen LogP contribution in [0.4, 0.5) is 0 Å². The number of fused-ring (bicyclic) bond motifs is 1. The predicted molar refractivity (Wildman–Crippen MR) is 102 cm³/mol. The maximum absolute atomic E-state index is 10.2. The standard InChI is InChI=1S/C19H20Cl2N4O2/c1-3-8-26-19(27-9-4-2)18(11-23)15(17(18,10-22)16(24)25-19)12-6-5-7-13(20)14(12)21/h5-7,15H,3-4,8-9H2,1-2H3,(H2,24,25). The van der Waals surface area contributed by atoms with Crippen LogP contribution in [0.25, 0.3) is 0 Å². The highest BCUT2D eigenvalue weighted by atomic mass is 35.5. The SMILES string of the molecule is CCCOC1(OCCC)N=C(N)C2(C#N)C(c3cccc(Cl)c3Cl)C12C#N. The van der Waals surface area contributed by atoms with E-state index in [4.69, 9.17) is 38.4 Å². The highest BCUT2D eigenvalue weighted by Gasteiger charge is 2.94. The number of nitrogens with two attached hydrogens (primary N) is 1. The maximum Gasteiger partial charge on any atom is 0.293 e. The summed E-state index contributed by atoms with van der Waals surface area (Å²) in [4.78, 5) is 4.37. The number of nitriles is 2. The van der Waals surface area contributed by atoms with Crippen molar-refractivity contribution >= 4 is 29.0 Å². The molecule has 3 atom stereocenters. The van der Waals surface area contributed by atoms with Gasteiger partial charge in [-0.05, 0) is 24.5 Å². The van der Waals surface area contributed by atoms with Crippen LogP contribution in [0, 0.1) is 33.5 Å². The molecular weight excluding hydrogens is 387 g/mol. The number of rotatable bonds is 7. The lowest BCUT2D eigenvalue weighted by Crippen LogP contribution is -2.44. The van der Waals surface area contributed by atoms with Crippen molar-refractivity contribution in [3.63, 3.8) is 0 Å². The fourth-order valence-electron chi connectivity index (χ4n) is 4.05. The lowest BCUT2D eigenvalue weighted by molar-refractivity contribution is -0.259. The summed E-state index contributed by atoms with van der Waals surface area (Å²) >= 11 is 12.6. The van der Waals surface area contributed by atoms with Gasteiger partial charge in [0.05, 0.1) is 35.4 Å². The Labute approximate surface area is 168 Å². The van der Waals surface area contributed by atoms with Crippen LogP contribution < -0.4 is 5.73 Å². The van der Waals surface area contributed by atoms with E-state index in [0.29, 0.717) is 36.6 Å². The molecule has 1 aromatic rings. The van der Waals surface area contributed by atoms with Crippen LogP contribution in [-0.4, -0.2) is 25.0 Å². The van der Waals surface area contributed by atoms with Gasteiger partial charge in [0.1, 0.15) is 11.3 Å². The third kappa shape index (κ3) is 2.35. The second kappa shape index (κ2) is 6.96. The zero-order chi connectivity index (χ0) is 19.9. The smallest absolute Gasteiger partial charge is 0.293 e. The Bertz CT molecular complexity index is 867. The Morgan fingerprint density at radius 1 is 1.15 bits per heavy atom. The number of aliphatic imine (C=N–C) groups is 1. The largest absolute Gasteiger partial charge is 0.386 e. The third-order valence-corrected chi connectivity index (χ3v) is 6.06. The van der Waals surface area contributed by atoms with Crippen LogP contribution in [0.3, 0.4) is 0 Å². The molecule has 1 aliphatic carbocycles. The van der Waals surface area contributed by atoms with E-state index in [1.165, 1.54) is 0 Å². The Kier molecular flexibility index (Phi) is 5.14. The molecule has 0 spiro atoms. The van der Waals surface area contributed by atoms with Gasteiger partial charge in [-0.2, -0.15) is 10.5 Å². The van der Waals surface area contributed by atoms with Gasteiger partial charge in [-0.3, -0.25) is 0 Å². The summed E-state index contributed by atoms with van der Waals surface area (Å²) < 4.78 is 11.9. The van der Waals surface area contributed by atoms with Gasteiger partial charge in [0.2, 0.25) is 0 Å². The number of ether oxygens (including phenoxy) is 2. The Morgan fingerprint density at radius 2 is 1.78 bits per heavy atom. The molecule has 1 aromatic carbocycles. The van der Waals surface area contributed by atoms with Crippen molar-refractivity contribution in [2.75, 3.05) is 13.2 Å². The first kappa shape index (κ1) is 19.9. The predicted octanol–water partition coefficient (Wildman–Crippen LogP) is 3.99. The fourth-order valence-corrected chi connectivity index (χ4v) is 4.47. The zero-order valence-electron chi connectivity index (χ0n) is 15.1. The van der Waals surface area contributed by atoms with Crippen molar-refractivity contribution in [3.05, 3.63) is 33.8 Å². The zero-order valence-corrected chi connectivity index (χ0v) is 16.6. The molecule has 27 heavy (non-hydrogen) atoms. The average Bonchev–Trinajstić information content (AvgIpc) is 3.24. The Morgan fingerprint density at radius 3 is 2.30 bits per heavy atom. The molecule has 2 N–H and O–H groups in total. The van der Waals surface area contributed by atoms with Gasteiger partial charge in [0.15, 0.2) is 5.41 Å². The monoisotopic (exact) mass is 406 g/mol. The van der Waals surface area contributed by atoms with Crippen molar-refractivity contribution in [1.29, 1.82) is 10.5 Å². The Hall–Kier alpha value is -1.83. The van der Waals surface area contributed by atoms with Crippen LogP contribution in [0.2, 0.25) is 10.0 Å². The molecule has 3 rings (SSSR count). The van der Waals surface area contributed by atoms with Crippen LogP contribution in [0.1, 0.15) is 38.2 Å². The normalized spacial score (nSPS) is 30.1. The first-order valence-electron chi connectivity index (χ1n) is 8.82. The molecule has 8 heteroatoms. The molecule has 0 radical (unpaired) electrons. The molecule has 3 unspecified atom stereocenters. The number of nitrogens with zero attached hydrogens (tertiary/aromatic N) is 3. The molecule has 0 amide bonds. The third-order valence-electron chi connectivity index (χ3n) is 5.22. The second-order valence-corrected chi connectivity index (χ2v) is 7.48. The summed E-state index contributed by atoms with van der Waals surface area (Å²) in [6.45, 7) is 4.48. The van der Waals surface area contributed by atoms with Crippen molar-refractivity contribution in [3.8, 4) is 12.1 Å². The van der Waals surface area contributed by atoms with Crippen molar-refractivity contribution in [2.24, 2.45) is 21.6 Å². The second-order valence-electron chi connectivity index (χ2n) is 6.69. The molecule has 1 heterocycles. The summed E-state index contributed by atoms with van der Waals surface area (Å²) in [6.07, 6.45) is 1.38. The average molecular weight is 407 g/mol. The van der Waals surface area contributed by atoms with Gasteiger partial charge in [0.25, 0.3) is 5.91 Å². The minimum Gasteiger partial charge on any atom is -0.386 e. The summed E-state index contributed by atoms with van der Waals surface area (Å²) in [7, 11) is 0. The fraction of sp³-hybridized carbons (Fsp3) is 0.526. The molecule has 1 fully saturated rings. The van der Waals surface area contributed by atoms with E-state index in [1.54, 1.807) is 18.2 Å². The van der Waals surface area contributed by atoms with Crippen molar-refractivity contribution < 1.29 is 9.47 Å². The van der Waals surface area contributed by atoms with Gasteiger partial charge in [-0.15, -0.1) is 0 Å². The lowest BCUT2D eigenvalue weighted by atomic mass is 9.93. The summed E-state index contributed by atoms with van der Waals surface area (Å²) in [5.74, 6) is -2.28. The molecule has 0 bridgehead atoms. The molecule has 6 nitrogen and oxygen atoms in total. The van der Waals surface area contributed by atoms with E-state index in [9.17, 15) is 10.5 Å². The first-order chi connectivity index (χ1) is 12.9. The molecule has 0 aromatic heterocycles. The van der Waals surface area contributed by atoms with E-state index in [-0.39, 0.29) is 10.9 Å². The first-order valence-corrected chi connectivity index (χ1v) is 9.58. The van der Waals surface area contributed by atoms with Crippen LogP contribution in [0.5, 0.6) is 0 Å². The summed E-state index contributed by atoms with van der Waals surface area (Å²) in [5.41, 5.74) is 3.96. The molecule has 1 aliphatic heterocycles. The topological polar surface area (TPSA) is 104 Å². The van der Waals surface area contributed by atoms with Crippen LogP contribution in [-0.2, 0) is 9.47 Å². The van der Waals surface area contributed by atoms with Gasteiger partial charge in [-0.25, -0.2) is 4.99 Å². The lowest BCUT2D eigenvalue weighted by Gasteiger charge is -2.32. The molecule has 0 saturated heterocycles. The van der Waals surface area contributed by atoms with E-state index in [1.807, 2.05) is 13.8 Å².